The molecule has 0 fully saturated rings. The predicted octanol–water partition coefficient (Wildman–Crippen LogP) is 4.69. The zero-order chi connectivity index (χ0) is 14.9. The Bertz CT molecular complexity index is 762. The maximum Gasteiger partial charge on any atom is 0.170 e. The summed E-state index contributed by atoms with van der Waals surface area (Å²) < 4.78 is 5.30. The molecule has 1 heterocycles. The van der Waals surface area contributed by atoms with Crippen LogP contribution in [-0.4, -0.2) is 7.11 Å². The fraction of sp³-hybridized carbons (Fsp3) is 0.100. The van der Waals surface area contributed by atoms with Crippen molar-refractivity contribution in [2.24, 2.45) is 0 Å². The van der Waals surface area contributed by atoms with Crippen molar-refractivity contribution in [2.45, 2.75) is 21.1 Å². The van der Waals surface area contributed by atoms with Gasteiger partial charge in [0, 0.05) is 17.5 Å². The highest BCUT2D eigenvalue weighted by Gasteiger charge is 2.36. The van der Waals surface area contributed by atoms with Gasteiger partial charge >= 0.3 is 0 Å². The fourth-order valence-corrected chi connectivity index (χ4v) is 5.37. The molecule has 2 heteroatoms. The highest BCUT2D eigenvalue weighted by atomic mass is 32.2. The van der Waals surface area contributed by atoms with Crippen molar-refractivity contribution in [3.63, 3.8) is 0 Å². The number of rotatable bonds is 2. The summed E-state index contributed by atoms with van der Waals surface area (Å²) in [5.74, 6) is 0.908. The number of hydrogen-bond donors (Lipinski definition) is 0. The largest absolute Gasteiger partial charge is 0.497 e. The van der Waals surface area contributed by atoms with Gasteiger partial charge in [0.05, 0.1) is 18.0 Å². The molecule has 3 aromatic carbocycles. The Hall–Kier alpha value is -2.19. The first-order valence-corrected chi connectivity index (χ1v) is 8.63. The smallest absolute Gasteiger partial charge is 0.170 e. The lowest BCUT2D eigenvalue weighted by Gasteiger charge is -2.19. The van der Waals surface area contributed by atoms with Gasteiger partial charge in [0.2, 0.25) is 0 Å². The summed E-state index contributed by atoms with van der Waals surface area (Å²) >= 11 is 0. The topological polar surface area (TPSA) is 9.23 Å². The number of ether oxygens (including phenoxy) is 1. The van der Waals surface area contributed by atoms with E-state index in [9.17, 15) is 0 Å². The summed E-state index contributed by atoms with van der Waals surface area (Å²) in [6, 6.07) is 26.2. The van der Waals surface area contributed by atoms with Crippen molar-refractivity contribution in [3.05, 3.63) is 83.9 Å². The van der Waals surface area contributed by atoms with Gasteiger partial charge in [0.1, 0.15) is 5.75 Å². The van der Waals surface area contributed by atoms with Crippen LogP contribution in [0.2, 0.25) is 0 Å². The van der Waals surface area contributed by atoms with Crippen LogP contribution in [0.5, 0.6) is 5.75 Å². The van der Waals surface area contributed by atoms with E-state index < -0.39 is 0 Å². The SMILES string of the molecule is COc1ccc([S+]2c3ccccc3Cc3ccccc32)cc1. The minimum atomic E-state index is -0.0237. The molecule has 0 aliphatic carbocycles. The lowest BCUT2D eigenvalue weighted by atomic mass is 10.0. The Morgan fingerprint density at radius 3 is 1.82 bits per heavy atom. The molecule has 3 aromatic rings. The highest BCUT2D eigenvalue weighted by molar-refractivity contribution is 7.97. The van der Waals surface area contributed by atoms with E-state index in [-0.39, 0.29) is 10.9 Å². The van der Waals surface area contributed by atoms with E-state index in [0.717, 1.165) is 12.2 Å². The van der Waals surface area contributed by atoms with Crippen LogP contribution in [0.25, 0.3) is 0 Å². The molecule has 22 heavy (non-hydrogen) atoms. The average Bonchev–Trinajstić information content (AvgIpc) is 2.60. The van der Waals surface area contributed by atoms with E-state index in [2.05, 4.69) is 72.8 Å². The molecular weight excluding hydrogens is 288 g/mol. The first-order valence-electron chi connectivity index (χ1n) is 7.41. The standard InChI is InChI=1S/C20H17OS/c1-21-17-10-12-18(13-11-17)22-19-8-4-2-6-15(19)14-16-7-3-5-9-20(16)22/h2-13H,14H2,1H3/q+1. The van der Waals surface area contributed by atoms with Crippen molar-refractivity contribution in [3.8, 4) is 5.75 Å². The van der Waals surface area contributed by atoms with Crippen LogP contribution in [-0.2, 0) is 17.3 Å². The molecule has 0 bridgehead atoms. The molecule has 0 radical (unpaired) electrons. The van der Waals surface area contributed by atoms with Crippen LogP contribution < -0.4 is 4.74 Å². The molecule has 0 atom stereocenters. The van der Waals surface area contributed by atoms with Gasteiger partial charge in [0.25, 0.3) is 0 Å². The van der Waals surface area contributed by atoms with Gasteiger partial charge in [-0.3, -0.25) is 0 Å². The Morgan fingerprint density at radius 2 is 1.27 bits per heavy atom. The van der Waals surface area contributed by atoms with Crippen molar-refractivity contribution in [1.82, 2.24) is 0 Å². The Morgan fingerprint density at radius 1 is 0.727 bits per heavy atom. The van der Waals surface area contributed by atoms with Crippen molar-refractivity contribution >= 4 is 10.9 Å². The molecule has 4 rings (SSSR count). The third-order valence-electron chi connectivity index (χ3n) is 4.06. The van der Waals surface area contributed by atoms with Gasteiger partial charge in [-0.15, -0.1) is 0 Å². The van der Waals surface area contributed by atoms with Gasteiger partial charge in [0.15, 0.2) is 14.7 Å². The van der Waals surface area contributed by atoms with Crippen LogP contribution in [0.15, 0.2) is 87.5 Å². The molecule has 0 saturated carbocycles. The summed E-state index contributed by atoms with van der Waals surface area (Å²) in [6.45, 7) is 0. The van der Waals surface area contributed by atoms with Crippen LogP contribution in [0.1, 0.15) is 11.1 Å². The zero-order valence-corrected chi connectivity index (χ0v) is 13.3. The molecule has 0 aromatic heterocycles. The molecular formula is C20H17OS+. The van der Waals surface area contributed by atoms with Gasteiger partial charge in [-0.25, -0.2) is 0 Å². The lowest BCUT2D eigenvalue weighted by Crippen LogP contribution is -2.15. The monoisotopic (exact) mass is 305 g/mol. The summed E-state index contributed by atoms with van der Waals surface area (Å²) in [4.78, 5) is 4.25. The van der Waals surface area contributed by atoms with E-state index in [1.807, 2.05) is 0 Å². The third kappa shape index (κ3) is 2.20. The second kappa shape index (κ2) is 5.54. The predicted molar refractivity (Wildman–Crippen MR) is 90.8 cm³/mol. The van der Waals surface area contributed by atoms with E-state index in [1.165, 1.54) is 25.8 Å². The molecule has 0 saturated heterocycles. The first-order chi connectivity index (χ1) is 10.9. The summed E-state index contributed by atoms with van der Waals surface area (Å²) in [7, 11) is 1.69. The Labute approximate surface area is 133 Å². The second-order valence-electron chi connectivity index (χ2n) is 5.37. The second-order valence-corrected chi connectivity index (χ2v) is 7.34. The number of hydrogen-bond acceptors (Lipinski definition) is 1. The Balaban J connectivity index is 1.90. The van der Waals surface area contributed by atoms with Crippen molar-refractivity contribution < 1.29 is 4.74 Å². The van der Waals surface area contributed by atoms with Gasteiger partial charge < -0.3 is 4.74 Å². The van der Waals surface area contributed by atoms with Gasteiger partial charge in [-0.1, -0.05) is 36.4 Å². The first kappa shape index (κ1) is 13.5. The summed E-state index contributed by atoms with van der Waals surface area (Å²) in [5, 5.41) is 0. The number of methoxy groups -OCH3 is 1. The Kier molecular flexibility index (Phi) is 3.39. The van der Waals surface area contributed by atoms with Crippen LogP contribution >= 0.6 is 0 Å². The summed E-state index contributed by atoms with van der Waals surface area (Å²) in [6.07, 6.45) is 1.03. The van der Waals surface area contributed by atoms with Crippen LogP contribution in [0.3, 0.4) is 0 Å². The zero-order valence-electron chi connectivity index (χ0n) is 12.5. The van der Waals surface area contributed by atoms with Crippen LogP contribution in [0, 0.1) is 0 Å². The van der Waals surface area contributed by atoms with E-state index >= 15 is 0 Å². The minimum Gasteiger partial charge on any atom is -0.497 e. The molecule has 1 aliphatic heterocycles. The summed E-state index contributed by atoms with van der Waals surface area (Å²) in [5.41, 5.74) is 2.89. The normalized spacial score (nSPS) is 13.3. The number of fused-ring (bicyclic) bond motifs is 2. The van der Waals surface area contributed by atoms with Crippen molar-refractivity contribution in [1.29, 1.82) is 0 Å². The lowest BCUT2D eigenvalue weighted by molar-refractivity contribution is 0.414. The number of benzene rings is 3. The quantitative estimate of drug-likeness (QED) is 0.488. The molecule has 1 nitrogen and oxygen atoms in total. The van der Waals surface area contributed by atoms with E-state index in [4.69, 9.17) is 4.74 Å². The maximum absolute atomic E-state index is 5.30. The van der Waals surface area contributed by atoms with Crippen LogP contribution in [0.4, 0.5) is 0 Å². The van der Waals surface area contributed by atoms with Gasteiger partial charge in [-0.2, -0.15) is 0 Å². The van der Waals surface area contributed by atoms with E-state index in [0.29, 0.717) is 0 Å². The maximum atomic E-state index is 5.30. The average molecular weight is 305 g/mol. The molecule has 0 amide bonds. The molecule has 0 spiro atoms. The van der Waals surface area contributed by atoms with Crippen molar-refractivity contribution in [2.75, 3.05) is 7.11 Å². The molecule has 0 unspecified atom stereocenters. The minimum absolute atomic E-state index is 0.0237. The molecule has 0 N–H and O–H groups in total. The van der Waals surface area contributed by atoms with E-state index in [1.54, 1.807) is 7.11 Å². The molecule has 1 aliphatic rings. The molecule has 108 valence electrons. The van der Waals surface area contributed by atoms with Gasteiger partial charge in [-0.05, 0) is 36.4 Å². The third-order valence-corrected chi connectivity index (χ3v) is 6.48. The fourth-order valence-electron chi connectivity index (χ4n) is 2.99. The highest BCUT2D eigenvalue weighted by Crippen LogP contribution is 2.40.